The minimum Gasteiger partial charge on any atom is -0.273 e. The molecule has 128 valence electrons. The van der Waals surface area contributed by atoms with E-state index in [4.69, 9.17) is 16.7 Å². The Morgan fingerprint density at radius 1 is 1.00 bits per heavy atom. The second kappa shape index (κ2) is 7.01. The van der Waals surface area contributed by atoms with Gasteiger partial charge in [-0.2, -0.15) is 5.10 Å². The first-order valence-electron chi connectivity index (χ1n) is 8.92. The monoisotopic (exact) mass is 352 g/mol. The second-order valence-corrected chi connectivity index (χ2v) is 7.31. The number of fused-ring (bicyclic) bond motifs is 1. The minimum absolute atomic E-state index is 0.0453. The highest BCUT2D eigenvalue weighted by atomic mass is 35.5. The maximum absolute atomic E-state index is 13.0. The van der Waals surface area contributed by atoms with Crippen LogP contribution < -0.4 is 0 Å². The topological polar surface area (TPSA) is 32.7 Å². The maximum Gasteiger partial charge on any atom is 0.246 e. The summed E-state index contributed by atoms with van der Waals surface area (Å²) in [4.78, 5) is 13.0. The highest BCUT2D eigenvalue weighted by Gasteiger charge is 2.41. The van der Waals surface area contributed by atoms with E-state index in [1.807, 2.05) is 54.6 Å². The molecule has 2 aromatic carbocycles. The molecule has 1 heterocycles. The fourth-order valence-electron chi connectivity index (χ4n) is 3.99. The van der Waals surface area contributed by atoms with Crippen molar-refractivity contribution < 1.29 is 4.79 Å². The van der Waals surface area contributed by atoms with Gasteiger partial charge in [0.1, 0.15) is 0 Å². The van der Waals surface area contributed by atoms with Crippen LogP contribution in [0, 0.1) is 11.8 Å². The van der Waals surface area contributed by atoms with Crippen LogP contribution in [0.25, 0.3) is 0 Å². The van der Waals surface area contributed by atoms with Crippen molar-refractivity contribution in [3.8, 4) is 0 Å². The second-order valence-electron chi connectivity index (χ2n) is 6.87. The summed E-state index contributed by atoms with van der Waals surface area (Å²) in [6, 6.07) is 17.9. The van der Waals surface area contributed by atoms with Gasteiger partial charge in [0.05, 0.1) is 12.3 Å². The minimum atomic E-state index is 0.0453. The summed E-state index contributed by atoms with van der Waals surface area (Å²) in [5, 5.41) is 7.17. The molecular formula is C21H21ClN2O. The van der Waals surface area contributed by atoms with Crippen LogP contribution in [0.15, 0.2) is 59.7 Å². The molecule has 1 aliphatic heterocycles. The smallest absolute Gasteiger partial charge is 0.246 e. The lowest BCUT2D eigenvalue weighted by molar-refractivity contribution is -0.139. The summed E-state index contributed by atoms with van der Waals surface area (Å²) in [6.07, 6.45) is 4.26. The van der Waals surface area contributed by atoms with Crippen molar-refractivity contribution in [1.82, 2.24) is 5.01 Å². The molecule has 1 saturated carbocycles. The molecule has 1 aliphatic carbocycles. The first-order valence-corrected chi connectivity index (χ1v) is 9.30. The van der Waals surface area contributed by atoms with Crippen molar-refractivity contribution in [1.29, 1.82) is 0 Å². The molecule has 25 heavy (non-hydrogen) atoms. The largest absolute Gasteiger partial charge is 0.273 e. The zero-order chi connectivity index (χ0) is 17.2. The summed E-state index contributed by atoms with van der Waals surface area (Å²) < 4.78 is 0. The van der Waals surface area contributed by atoms with Crippen LogP contribution in [-0.2, 0) is 11.3 Å². The Morgan fingerprint density at radius 2 is 1.76 bits per heavy atom. The van der Waals surface area contributed by atoms with E-state index in [2.05, 4.69) is 0 Å². The number of amides is 1. The molecule has 0 N–H and O–H groups in total. The summed E-state index contributed by atoms with van der Waals surface area (Å²) in [6.45, 7) is 0.521. The molecule has 0 bridgehead atoms. The molecule has 3 nitrogen and oxygen atoms in total. The molecule has 1 fully saturated rings. The maximum atomic E-state index is 13.0. The number of hydrogen-bond donors (Lipinski definition) is 0. The lowest BCUT2D eigenvalue weighted by Crippen LogP contribution is -2.45. The zero-order valence-corrected chi connectivity index (χ0v) is 14.8. The van der Waals surface area contributed by atoms with Crippen molar-refractivity contribution >= 4 is 23.2 Å². The highest BCUT2D eigenvalue weighted by molar-refractivity contribution is 6.31. The molecule has 2 unspecified atom stereocenters. The fourth-order valence-corrected chi connectivity index (χ4v) is 4.18. The van der Waals surface area contributed by atoms with E-state index in [0.29, 0.717) is 11.6 Å². The molecule has 0 radical (unpaired) electrons. The normalized spacial score (nSPS) is 23.2. The van der Waals surface area contributed by atoms with E-state index in [9.17, 15) is 4.79 Å². The predicted octanol–water partition coefficient (Wildman–Crippen LogP) is 4.89. The Bertz CT molecular complexity index is 803. The number of rotatable bonds is 3. The summed E-state index contributed by atoms with van der Waals surface area (Å²) >= 11 is 6.20. The molecule has 2 aliphatic rings. The molecule has 4 heteroatoms. The van der Waals surface area contributed by atoms with Crippen LogP contribution in [0.1, 0.15) is 36.8 Å². The Labute approximate surface area is 153 Å². The Balaban J connectivity index is 1.73. The number of benzene rings is 2. The number of halogens is 1. The van der Waals surface area contributed by atoms with Gasteiger partial charge in [0.2, 0.25) is 5.91 Å². The average Bonchev–Trinajstić information content (AvgIpc) is 2.65. The first-order chi connectivity index (χ1) is 12.2. The van der Waals surface area contributed by atoms with Crippen LogP contribution in [0.2, 0.25) is 5.02 Å². The molecule has 4 rings (SSSR count). The van der Waals surface area contributed by atoms with Crippen molar-refractivity contribution in [2.75, 3.05) is 0 Å². The van der Waals surface area contributed by atoms with E-state index in [0.717, 1.165) is 42.5 Å². The first kappa shape index (κ1) is 16.3. The molecule has 2 atom stereocenters. The Hall–Kier alpha value is -2.13. The third kappa shape index (κ3) is 3.34. The van der Waals surface area contributed by atoms with E-state index in [-0.39, 0.29) is 17.7 Å². The quantitative estimate of drug-likeness (QED) is 0.773. The van der Waals surface area contributed by atoms with E-state index in [1.165, 1.54) is 0 Å². The summed E-state index contributed by atoms with van der Waals surface area (Å²) in [5.74, 6) is 0.426. The van der Waals surface area contributed by atoms with Gasteiger partial charge in [0.15, 0.2) is 0 Å². The van der Waals surface area contributed by atoms with Gasteiger partial charge in [-0.25, -0.2) is 5.01 Å². The van der Waals surface area contributed by atoms with Crippen LogP contribution in [-0.4, -0.2) is 16.6 Å². The van der Waals surface area contributed by atoms with Crippen LogP contribution in [0.3, 0.4) is 0 Å². The fraction of sp³-hybridized carbons (Fsp3) is 0.333. The number of hydrazone groups is 1. The van der Waals surface area contributed by atoms with Crippen LogP contribution >= 0.6 is 11.6 Å². The van der Waals surface area contributed by atoms with Crippen molar-refractivity contribution in [2.45, 2.75) is 32.2 Å². The van der Waals surface area contributed by atoms with Gasteiger partial charge in [-0.1, -0.05) is 66.9 Å². The van der Waals surface area contributed by atoms with Gasteiger partial charge in [-0.15, -0.1) is 0 Å². The van der Waals surface area contributed by atoms with Gasteiger partial charge in [0, 0.05) is 16.9 Å². The number of hydrogen-bond acceptors (Lipinski definition) is 2. The molecule has 0 spiro atoms. The van der Waals surface area contributed by atoms with E-state index in [1.54, 1.807) is 5.01 Å². The third-order valence-corrected chi connectivity index (χ3v) is 5.45. The standard InChI is InChI=1S/C21H21ClN2O/c22-17-10-6-9-16(13-17)20-18-11-4-5-12-19(18)21(25)24(23-20)14-15-7-2-1-3-8-15/h1-3,6-10,13,18-19H,4-5,11-12,14H2. The van der Waals surface area contributed by atoms with Gasteiger partial charge in [-0.05, 0) is 36.1 Å². The van der Waals surface area contributed by atoms with Gasteiger partial charge < -0.3 is 0 Å². The molecule has 0 aromatic heterocycles. The van der Waals surface area contributed by atoms with Crippen LogP contribution in [0.5, 0.6) is 0 Å². The summed E-state index contributed by atoms with van der Waals surface area (Å²) in [5.41, 5.74) is 3.15. The third-order valence-electron chi connectivity index (χ3n) is 5.21. The Kier molecular flexibility index (Phi) is 4.58. The number of carbonyl (C=O) groups excluding carboxylic acids is 1. The molecular weight excluding hydrogens is 332 g/mol. The lowest BCUT2D eigenvalue weighted by Gasteiger charge is -2.38. The SMILES string of the molecule is O=C1C2CCCCC2C(c2cccc(Cl)c2)=NN1Cc1ccccc1. The van der Waals surface area contributed by atoms with Crippen molar-refractivity contribution in [3.05, 3.63) is 70.7 Å². The lowest BCUT2D eigenvalue weighted by atomic mass is 9.73. The highest BCUT2D eigenvalue weighted by Crippen LogP contribution is 2.38. The van der Waals surface area contributed by atoms with E-state index >= 15 is 0 Å². The molecule has 2 aromatic rings. The van der Waals surface area contributed by atoms with E-state index < -0.39 is 0 Å². The van der Waals surface area contributed by atoms with Crippen molar-refractivity contribution in [3.63, 3.8) is 0 Å². The van der Waals surface area contributed by atoms with Gasteiger partial charge >= 0.3 is 0 Å². The van der Waals surface area contributed by atoms with Gasteiger partial charge in [0.25, 0.3) is 0 Å². The van der Waals surface area contributed by atoms with Crippen LogP contribution in [0.4, 0.5) is 0 Å². The Morgan fingerprint density at radius 3 is 2.52 bits per heavy atom. The van der Waals surface area contributed by atoms with Gasteiger partial charge in [-0.3, -0.25) is 4.79 Å². The molecule has 1 amide bonds. The molecule has 0 saturated heterocycles. The predicted molar refractivity (Wildman–Crippen MR) is 100 cm³/mol. The summed E-state index contributed by atoms with van der Waals surface area (Å²) in [7, 11) is 0. The number of nitrogens with zero attached hydrogens (tertiary/aromatic N) is 2. The zero-order valence-electron chi connectivity index (χ0n) is 14.1. The number of carbonyl (C=O) groups is 1. The van der Waals surface area contributed by atoms with Crippen molar-refractivity contribution in [2.24, 2.45) is 16.9 Å². The average molecular weight is 353 g/mol.